The molecule has 80 valence electrons. The van der Waals surface area contributed by atoms with Crippen molar-refractivity contribution in [3.05, 3.63) is 0 Å². The van der Waals surface area contributed by atoms with E-state index in [-0.39, 0.29) is 16.9 Å². The molecule has 0 aromatic heterocycles. The first kappa shape index (κ1) is 9.97. The average molecular weight is 196 g/mol. The summed E-state index contributed by atoms with van der Waals surface area (Å²) < 4.78 is 0. The lowest BCUT2D eigenvalue weighted by molar-refractivity contribution is -0.128. The lowest BCUT2D eigenvalue weighted by Gasteiger charge is -2.25. The summed E-state index contributed by atoms with van der Waals surface area (Å²) in [6.07, 6.45) is 0. The molecule has 0 spiro atoms. The monoisotopic (exact) mass is 196 g/mol. The summed E-state index contributed by atoms with van der Waals surface area (Å²) >= 11 is 0. The first-order chi connectivity index (χ1) is 6.36. The zero-order valence-corrected chi connectivity index (χ0v) is 9.48. The molecule has 14 heavy (non-hydrogen) atoms. The van der Waals surface area contributed by atoms with Crippen LogP contribution in [0, 0.1) is 17.3 Å². The highest BCUT2D eigenvalue weighted by molar-refractivity contribution is 5.87. The van der Waals surface area contributed by atoms with Crippen molar-refractivity contribution in [1.29, 1.82) is 0 Å². The Morgan fingerprint density at radius 3 is 2.29 bits per heavy atom. The van der Waals surface area contributed by atoms with Crippen molar-refractivity contribution in [2.75, 3.05) is 13.1 Å². The third-order valence-electron chi connectivity index (χ3n) is 3.62. The zero-order valence-electron chi connectivity index (χ0n) is 9.48. The molecule has 0 aromatic rings. The molecule has 1 aliphatic carbocycles. The molecule has 1 heterocycles. The van der Waals surface area contributed by atoms with Crippen molar-refractivity contribution in [1.82, 2.24) is 10.6 Å². The van der Waals surface area contributed by atoms with Crippen LogP contribution in [0.3, 0.4) is 0 Å². The molecule has 1 saturated heterocycles. The quantitative estimate of drug-likeness (QED) is 0.650. The van der Waals surface area contributed by atoms with E-state index in [0.717, 1.165) is 13.1 Å². The second kappa shape index (κ2) is 2.72. The summed E-state index contributed by atoms with van der Waals surface area (Å²) in [6.45, 7) is 10.2. The van der Waals surface area contributed by atoms with Crippen molar-refractivity contribution in [3.8, 4) is 0 Å². The predicted molar refractivity (Wildman–Crippen MR) is 55.9 cm³/mol. The van der Waals surface area contributed by atoms with E-state index in [1.54, 1.807) is 0 Å². The van der Waals surface area contributed by atoms with E-state index in [9.17, 15) is 4.79 Å². The fraction of sp³-hybridized carbons (Fsp3) is 0.909. The molecule has 0 bridgehead atoms. The fourth-order valence-corrected chi connectivity index (χ4v) is 2.61. The van der Waals surface area contributed by atoms with Crippen LogP contribution in [0.4, 0.5) is 0 Å². The highest BCUT2D eigenvalue weighted by Crippen LogP contribution is 2.60. The number of amides is 1. The van der Waals surface area contributed by atoms with Crippen molar-refractivity contribution >= 4 is 5.91 Å². The zero-order chi connectivity index (χ0) is 10.6. The van der Waals surface area contributed by atoms with E-state index in [1.807, 2.05) is 20.8 Å². The first-order valence-corrected chi connectivity index (χ1v) is 5.39. The number of rotatable bonds is 1. The lowest BCUT2D eigenvalue weighted by atomic mass is 9.99. The summed E-state index contributed by atoms with van der Waals surface area (Å²) in [5, 5.41) is 6.40. The predicted octanol–water partition coefficient (Wildman–Crippen LogP) is 0.757. The Bertz CT molecular complexity index is 257. The first-order valence-electron chi connectivity index (χ1n) is 5.39. The van der Waals surface area contributed by atoms with Gasteiger partial charge in [0.05, 0.1) is 5.41 Å². The Kier molecular flexibility index (Phi) is 1.94. The summed E-state index contributed by atoms with van der Waals surface area (Å²) in [5.74, 6) is 1.39. The van der Waals surface area contributed by atoms with Gasteiger partial charge in [-0.3, -0.25) is 4.79 Å². The molecule has 3 atom stereocenters. The Hall–Kier alpha value is -0.570. The smallest absolute Gasteiger partial charge is 0.227 e. The fourth-order valence-electron chi connectivity index (χ4n) is 2.61. The normalized spacial score (nSPS) is 40.6. The van der Waals surface area contributed by atoms with Gasteiger partial charge in [-0.1, -0.05) is 6.92 Å². The molecule has 3 nitrogen and oxygen atoms in total. The Morgan fingerprint density at radius 1 is 1.36 bits per heavy atom. The van der Waals surface area contributed by atoms with Crippen LogP contribution in [0.5, 0.6) is 0 Å². The standard InChI is InChI=1S/C11H20N2O/c1-10(2,3)13-9(14)11(4)7-5-12-6-8(7)11/h7-8,12H,5-6H2,1-4H3,(H,13,14)/t7-,8+,11?. The van der Waals surface area contributed by atoms with Gasteiger partial charge in [-0.15, -0.1) is 0 Å². The molecular formula is C11H20N2O. The molecule has 2 fully saturated rings. The van der Waals surface area contributed by atoms with Crippen LogP contribution < -0.4 is 10.6 Å². The van der Waals surface area contributed by atoms with Gasteiger partial charge in [0.15, 0.2) is 0 Å². The van der Waals surface area contributed by atoms with Crippen LogP contribution in [0.15, 0.2) is 0 Å². The summed E-state index contributed by atoms with van der Waals surface area (Å²) in [7, 11) is 0. The molecule has 1 amide bonds. The Morgan fingerprint density at radius 2 is 1.86 bits per heavy atom. The van der Waals surface area contributed by atoms with Crippen molar-refractivity contribution in [2.45, 2.75) is 33.2 Å². The van der Waals surface area contributed by atoms with E-state index in [2.05, 4.69) is 17.6 Å². The van der Waals surface area contributed by atoms with Gasteiger partial charge >= 0.3 is 0 Å². The van der Waals surface area contributed by atoms with Crippen LogP contribution in [0.1, 0.15) is 27.7 Å². The maximum absolute atomic E-state index is 12.0. The van der Waals surface area contributed by atoms with Gasteiger partial charge in [-0.25, -0.2) is 0 Å². The SMILES string of the molecule is CC(C)(C)NC(=O)C1(C)[C@@H]2CNC[C@@H]21. The third-order valence-corrected chi connectivity index (χ3v) is 3.62. The largest absolute Gasteiger partial charge is 0.351 e. The number of piperidine rings is 1. The van der Waals surface area contributed by atoms with Crippen LogP contribution >= 0.6 is 0 Å². The van der Waals surface area contributed by atoms with Gasteiger partial charge in [0.1, 0.15) is 0 Å². The van der Waals surface area contributed by atoms with Gasteiger partial charge in [-0.05, 0) is 45.7 Å². The average Bonchev–Trinajstić information content (AvgIpc) is 2.47. The molecule has 2 aliphatic rings. The van der Waals surface area contributed by atoms with Gasteiger partial charge in [0.25, 0.3) is 0 Å². The van der Waals surface area contributed by atoms with Crippen LogP contribution in [-0.2, 0) is 4.79 Å². The second-order valence-corrected chi connectivity index (χ2v) is 5.86. The topological polar surface area (TPSA) is 41.1 Å². The minimum atomic E-state index is -0.107. The van der Waals surface area contributed by atoms with Crippen LogP contribution in [0.25, 0.3) is 0 Å². The number of nitrogens with one attached hydrogen (secondary N) is 2. The number of fused-ring (bicyclic) bond motifs is 1. The molecule has 2 N–H and O–H groups in total. The number of hydrogen-bond acceptors (Lipinski definition) is 2. The minimum Gasteiger partial charge on any atom is -0.351 e. The van der Waals surface area contributed by atoms with Gasteiger partial charge in [0.2, 0.25) is 5.91 Å². The van der Waals surface area contributed by atoms with E-state index in [0.29, 0.717) is 11.8 Å². The number of hydrogen-bond donors (Lipinski definition) is 2. The molecule has 2 rings (SSSR count). The molecule has 1 unspecified atom stereocenters. The highest BCUT2D eigenvalue weighted by Gasteiger charge is 2.67. The minimum absolute atomic E-state index is 0.0848. The maximum atomic E-state index is 12.0. The van der Waals surface area contributed by atoms with Crippen LogP contribution in [-0.4, -0.2) is 24.5 Å². The lowest BCUT2D eigenvalue weighted by Crippen LogP contribution is -2.46. The highest BCUT2D eigenvalue weighted by atomic mass is 16.2. The summed E-state index contributed by atoms with van der Waals surface area (Å²) in [5.41, 5.74) is -0.192. The van der Waals surface area contributed by atoms with E-state index in [1.165, 1.54) is 0 Å². The maximum Gasteiger partial charge on any atom is 0.227 e. The number of carbonyl (C=O) groups excluding carboxylic acids is 1. The van der Waals surface area contributed by atoms with E-state index >= 15 is 0 Å². The molecule has 1 saturated carbocycles. The Balaban J connectivity index is 2.00. The van der Waals surface area contributed by atoms with Crippen molar-refractivity contribution < 1.29 is 4.79 Å². The summed E-state index contributed by atoms with van der Waals surface area (Å²) in [4.78, 5) is 12.0. The van der Waals surface area contributed by atoms with Gasteiger partial charge in [0, 0.05) is 5.54 Å². The third kappa shape index (κ3) is 1.34. The van der Waals surface area contributed by atoms with Crippen molar-refractivity contribution in [2.24, 2.45) is 17.3 Å². The van der Waals surface area contributed by atoms with Gasteiger partial charge < -0.3 is 10.6 Å². The molecule has 0 radical (unpaired) electrons. The van der Waals surface area contributed by atoms with Crippen molar-refractivity contribution in [3.63, 3.8) is 0 Å². The molecule has 0 aromatic carbocycles. The van der Waals surface area contributed by atoms with Crippen LogP contribution in [0.2, 0.25) is 0 Å². The number of carbonyl (C=O) groups is 1. The molecular weight excluding hydrogens is 176 g/mol. The van der Waals surface area contributed by atoms with E-state index < -0.39 is 0 Å². The Labute approximate surface area is 85.6 Å². The second-order valence-electron chi connectivity index (χ2n) is 5.86. The van der Waals surface area contributed by atoms with Gasteiger partial charge in [-0.2, -0.15) is 0 Å². The van der Waals surface area contributed by atoms with E-state index in [4.69, 9.17) is 0 Å². The summed E-state index contributed by atoms with van der Waals surface area (Å²) in [6, 6.07) is 0. The molecule has 3 heteroatoms. The molecule has 1 aliphatic heterocycles.